The van der Waals surface area contributed by atoms with Crippen LogP contribution < -0.4 is 10.6 Å². The van der Waals surface area contributed by atoms with Crippen LogP contribution in [0.4, 0.5) is 15.8 Å². The molecule has 0 atom stereocenters. The molecule has 4 nitrogen and oxygen atoms in total. The number of nitrogens with zero attached hydrogens (tertiary/aromatic N) is 1. The van der Waals surface area contributed by atoms with E-state index in [0.717, 1.165) is 24.2 Å². The quantitative estimate of drug-likeness (QED) is 0.580. The van der Waals surface area contributed by atoms with Crippen LogP contribution in [0, 0.1) is 5.82 Å². The molecule has 0 aliphatic carbocycles. The number of anilines is 2. The molecule has 0 bridgehead atoms. The summed E-state index contributed by atoms with van der Waals surface area (Å²) in [6.45, 7) is 0.986. The van der Waals surface area contributed by atoms with E-state index in [1.165, 1.54) is 17.7 Å². The van der Waals surface area contributed by atoms with Crippen LogP contribution in [0.15, 0.2) is 72.8 Å². The summed E-state index contributed by atoms with van der Waals surface area (Å²) in [5.74, 6) is -0.623. The van der Waals surface area contributed by atoms with Crippen LogP contribution in [0.1, 0.15) is 16.7 Å². The maximum Gasteiger partial charge on any atom is 0.258 e. The predicted octanol–water partition coefficient (Wildman–Crippen LogP) is 4.86. The highest BCUT2D eigenvalue weighted by atomic mass is 19.1. The Hall–Kier alpha value is -3.44. The van der Waals surface area contributed by atoms with Gasteiger partial charge in [-0.15, -0.1) is 0 Å². The first-order chi connectivity index (χ1) is 14.5. The fourth-order valence-corrected chi connectivity index (χ4v) is 3.53. The van der Waals surface area contributed by atoms with Crippen molar-refractivity contribution in [3.63, 3.8) is 0 Å². The summed E-state index contributed by atoms with van der Waals surface area (Å²) >= 11 is 0. The second kappa shape index (κ2) is 8.51. The standard InChI is InChI=1S/C25H24FN3O/c1-29(2)15-14-17-8-11-20(12-9-17)27-24(18-6-4-3-5-7-18)23-21-13-10-19(26)16-22(21)28-25(23)30/h3-13,16,27H,14-15H2,1-2H3,(H,28,30)/b24-23-. The first kappa shape index (κ1) is 19.9. The molecule has 4 rings (SSSR count). The Morgan fingerprint density at radius 1 is 1.00 bits per heavy atom. The first-order valence-electron chi connectivity index (χ1n) is 9.93. The highest BCUT2D eigenvalue weighted by Crippen LogP contribution is 2.37. The smallest absolute Gasteiger partial charge is 0.258 e. The van der Waals surface area contributed by atoms with Gasteiger partial charge in [-0.2, -0.15) is 0 Å². The molecule has 0 radical (unpaired) electrons. The molecular formula is C25H24FN3O. The highest BCUT2D eigenvalue weighted by molar-refractivity contribution is 6.37. The molecule has 0 fully saturated rings. The minimum atomic E-state index is -0.377. The number of amides is 1. The fourth-order valence-electron chi connectivity index (χ4n) is 3.53. The van der Waals surface area contributed by atoms with Gasteiger partial charge in [0.25, 0.3) is 5.91 Å². The molecule has 1 amide bonds. The summed E-state index contributed by atoms with van der Waals surface area (Å²) in [6, 6.07) is 22.3. The highest BCUT2D eigenvalue weighted by Gasteiger charge is 2.28. The summed E-state index contributed by atoms with van der Waals surface area (Å²) < 4.78 is 13.7. The van der Waals surface area contributed by atoms with Crippen molar-refractivity contribution in [3.05, 3.63) is 95.3 Å². The van der Waals surface area contributed by atoms with Crippen LogP contribution in [0.5, 0.6) is 0 Å². The lowest BCUT2D eigenvalue weighted by Crippen LogP contribution is -2.15. The van der Waals surface area contributed by atoms with Gasteiger partial charge in [0.1, 0.15) is 5.82 Å². The number of nitrogens with one attached hydrogen (secondary N) is 2. The van der Waals surface area contributed by atoms with Crippen LogP contribution in [-0.2, 0) is 11.2 Å². The molecule has 1 heterocycles. The van der Waals surface area contributed by atoms with Crippen molar-refractivity contribution in [2.24, 2.45) is 0 Å². The van der Waals surface area contributed by atoms with E-state index in [9.17, 15) is 9.18 Å². The number of fused-ring (bicyclic) bond motifs is 1. The minimum Gasteiger partial charge on any atom is -0.354 e. The van der Waals surface area contributed by atoms with E-state index < -0.39 is 0 Å². The van der Waals surface area contributed by atoms with Crippen molar-refractivity contribution in [2.75, 3.05) is 31.3 Å². The molecule has 30 heavy (non-hydrogen) atoms. The Labute approximate surface area is 176 Å². The molecule has 0 spiro atoms. The lowest BCUT2D eigenvalue weighted by atomic mass is 10.00. The van der Waals surface area contributed by atoms with Gasteiger partial charge in [-0.1, -0.05) is 42.5 Å². The number of carbonyl (C=O) groups excluding carboxylic acids is 1. The molecule has 1 aliphatic heterocycles. The molecule has 0 saturated heterocycles. The summed E-state index contributed by atoms with van der Waals surface area (Å²) in [7, 11) is 4.12. The van der Waals surface area contributed by atoms with Gasteiger partial charge in [0.2, 0.25) is 0 Å². The molecule has 0 saturated carbocycles. The van der Waals surface area contributed by atoms with Crippen LogP contribution in [0.2, 0.25) is 0 Å². The minimum absolute atomic E-state index is 0.246. The van der Waals surface area contributed by atoms with Crippen LogP contribution in [0.25, 0.3) is 11.3 Å². The topological polar surface area (TPSA) is 44.4 Å². The van der Waals surface area contributed by atoms with E-state index in [2.05, 4.69) is 41.8 Å². The zero-order valence-corrected chi connectivity index (χ0v) is 17.1. The predicted molar refractivity (Wildman–Crippen MR) is 121 cm³/mol. The Kier molecular flexibility index (Phi) is 5.63. The van der Waals surface area contributed by atoms with E-state index in [-0.39, 0.29) is 11.7 Å². The monoisotopic (exact) mass is 401 g/mol. The SMILES string of the molecule is CN(C)CCc1ccc(N/C(=C2\C(=O)Nc3cc(F)ccc32)c2ccccc2)cc1. The average Bonchev–Trinajstić information content (AvgIpc) is 3.06. The number of carbonyl (C=O) groups is 1. The van der Waals surface area contributed by atoms with Crippen LogP contribution in [0.3, 0.4) is 0 Å². The van der Waals surface area contributed by atoms with Gasteiger partial charge < -0.3 is 15.5 Å². The van der Waals surface area contributed by atoms with E-state index in [1.54, 1.807) is 6.07 Å². The Morgan fingerprint density at radius 2 is 1.73 bits per heavy atom. The molecular weight excluding hydrogens is 377 g/mol. The zero-order chi connectivity index (χ0) is 21.1. The van der Waals surface area contributed by atoms with Gasteiger partial charge in [0, 0.05) is 17.8 Å². The second-order valence-corrected chi connectivity index (χ2v) is 7.64. The third-order valence-corrected chi connectivity index (χ3v) is 5.11. The Morgan fingerprint density at radius 3 is 2.43 bits per heavy atom. The Balaban J connectivity index is 1.73. The molecule has 0 aromatic heterocycles. The van der Waals surface area contributed by atoms with E-state index in [4.69, 9.17) is 0 Å². The summed E-state index contributed by atoms with van der Waals surface area (Å²) in [4.78, 5) is 15.0. The molecule has 0 unspecified atom stereocenters. The molecule has 5 heteroatoms. The van der Waals surface area contributed by atoms with Gasteiger partial charge in [-0.05, 0) is 62.0 Å². The number of likely N-dealkylation sites (N-methyl/N-ethyl adjacent to an activating group) is 1. The number of hydrogen-bond donors (Lipinski definition) is 2. The number of hydrogen-bond acceptors (Lipinski definition) is 3. The van der Waals surface area contributed by atoms with Crippen molar-refractivity contribution in [1.82, 2.24) is 4.90 Å². The second-order valence-electron chi connectivity index (χ2n) is 7.64. The lowest BCUT2D eigenvalue weighted by Gasteiger charge is -2.15. The molecule has 1 aliphatic rings. The molecule has 2 N–H and O–H groups in total. The van der Waals surface area contributed by atoms with Crippen molar-refractivity contribution < 1.29 is 9.18 Å². The molecule has 152 valence electrons. The number of halogens is 1. The van der Waals surface area contributed by atoms with Crippen LogP contribution >= 0.6 is 0 Å². The summed E-state index contributed by atoms with van der Waals surface area (Å²) in [5, 5.41) is 6.21. The largest absolute Gasteiger partial charge is 0.354 e. The van der Waals surface area contributed by atoms with E-state index in [1.807, 2.05) is 42.5 Å². The zero-order valence-electron chi connectivity index (χ0n) is 17.1. The summed E-state index contributed by atoms with van der Waals surface area (Å²) in [5.41, 5.74) is 5.41. The summed E-state index contributed by atoms with van der Waals surface area (Å²) in [6.07, 6.45) is 0.973. The Bertz CT molecular complexity index is 1090. The fraction of sp³-hybridized carbons (Fsp3) is 0.160. The van der Waals surface area contributed by atoms with E-state index >= 15 is 0 Å². The number of rotatable bonds is 6. The van der Waals surface area contributed by atoms with Gasteiger partial charge in [0.15, 0.2) is 0 Å². The van der Waals surface area contributed by atoms with Crippen molar-refractivity contribution in [3.8, 4) is 0 Å². The van der Waals surface area contributed by atoms with Gasteiger partial charge in [-0.25, -0.2) is 4.39 Å². The first-order valence-corrected chi connectivity index (χ1v) is 9.93. The lowest BCUT2D eigenvalue weighted by molar-refractivity contribution is -0.110. The molecule has 3 aromatic rings. The van der Waals surface area contributed by atoms with E-state index in [0.29, 0.717) is 22.5 Å². The van der Waals surface area contributed by atoms with Gasteiger partial charge >= 0.3 is 0 Å². The number of benzene rings is 3. The van der Waals surface area contributed by atoms with Gasteiger partial charge in [0.05, 0.1) is 17.0 Å². The van der Waals surface area contributed by atoms with Crippen molar-refractivity contribution >= 4 is 28.6 Å². The van der Waals surface area contributed by atoms with Gasteiger partial charge in [-0.3, -0.25) is 4.79 Å². The average molecular weight is 401 g/mol. The maximum absolute atomic E-state index is 13.7. The third kappa shape index (κ3) is 4.26. The normalized spacial score (nSPS) is 14.5. The third-order valence-electron chi connectivity index (χ3n) is 5.11. The van der Waals surface area contributed by atoms with Crippen LogP contribution in [-0.4, -0.2) is 31.4 Å². The molecule has 3 aromatic carbocycles. The van der Waals surface area contributed by atoms with Crippen molar-refractivity contribution in [2.45, 2.75) is 6.42 Å². The maximum atomic E-state index is 13.7. The van der Waals surface area contributed by atoms with Crippen molar-refractivity contribution in [1.29, 1.82) is 0 Å².